The SMILES string of the molecule is Oc1ccccc1-c1cc[nH]c1-c1ccccc1O. The first-order valence-electron chi connectivity index (χ1n) is 6.01. The van der Waals surface area contributed by atoms with Crippen molar-refractivity contribution in [3.05, 3.63) is 60.8 Å². The monoisotopic (exact) mass is 251 g/mol. The molecule has 3 aromatic rings. The summed E-state index contributed by atoms with van der Waals surface area (Å²) in [4.78, 5) is 3.12. The van der Waals surface area contributed by atoms with Crippen LogP contribution in [-0.4, -0.2) is 15.2 Å². The Morgan fingerprint density at radius 3 is 1.84 bits per heavy atom. The van der Waals surface area contributed by atoms with Gasteiger partial charge in [0, 0.05) is 22.9 Å². The molecule has 3 N–H and O–H groups in total. The third kappa shape index (κ3) is 1.95. The van der Waals surface area contributed by atoms with Crippen LogP contribution in [0.1, 0.15) is 0 Å². The number of H-pyrrole nitrogens is 1. The molecule has 0 aliphatic rings. The zero-order valence-electron chi connectivity index (χ0n) is 10.2. The maximum Gasteiger partial charge on any atom is 0.124 e. The molecule has 0 aliphatic heterocycles. The van der Waals surface area contributed by atoms with Crippen LogP contribution in [0.2, 0.25) is 0 Å². The number of phenolic OH excluding ortho intramolecular Hbond substituents is 2. The van der Waals surface area contributed by atoms with Crippen molar-refractivity contribution < 1.29 is 10.2 Å². The van der Waals surface area contributed by atoms with Crippen molar-refractivity contribution in [2.45, 2.75) is 0 Å². The molecule has 0 fully saturated rings. The highest BCUT2D eigenvalue weighted by atomic mass is 16.3. The van der Waals surface area contributed by atoms with Crippen molar-refractivity contribution in [2.24, 2.45) is 0 Å². The van der Waals surface area contributed by atoms with Crippen LogP contribution in [0, 0.1) is 0 Å². The summed E-state index contributed by atoms with van der Waals surface area (Å²) in [7, 11) is 0. The van der Waals surface area contributed by atoms with Crippen molar-refractivity contribution in [2.75, 3.05) is 0 Å². The molecular weight excluding hydrogens is 238 g/mol. The van der Waals surface area contributed by atoms with Crippen molar-refractivity contribution >= 4 is 0 Å². The minimum Gasteiger partial charge on any atom is -0.507 e. The molecular formula is C16H13NO2. The number of rotatable bonds is 2. The van der Waals surface area contributed by atoms with Crippen LogP contribution >= 0.6 is 0 Å². The summed E-state index contributed by atoms with van der Waals surface area (Å²) in [6, 6.07) is 16.2. The summed E-state index contributed by atoms with van der Waals surface area (Å²) in [6.45, 7) is 0. The molecule has 2 aromatic carbocycles. The van der Waals surface area contributed by atoms with E-state index in [9.17, 15) is 10.2 Å². The van der Waals surface area contributed by atoms with Crippen molar-refractivity contribution in [1.82, 2.24) is 4.98 Å². The van der Waals surface area contributed by atoms with E-state index < -0.39 is 0 Å². The molecule has 0 unspecified atom stereocenters. The van der Waals surface area contributed by atoms with Crippen molar-refractivity contribution in [3.63, 3.8) is 0 Å². The van der Waals surface area contributed by atoms with Gasteiger partial charge in [-0.05, 0) is 24.3 Å². The van der Waals surface area contributed by atoms with E-state index in [4.69, 9.17) is 0 Å². The van der Waals surface area contributed by atoms with E-state index in [0.717, 1.165) is 16.8 Å². The Morgan fingerprint density at radius 2 is 1.21 bits per heavy atom. The second kappa shape index (κ2) is 4.53. The standard InChI is InChI=1S/C16H13NO2/c18-14-7-3-1-5-11(14)12-9-10-17-16(12)13-6-2-4-8-15(13)19/h1-10,17-19H. The van der Waals surface area contributed by atoms with E-state index in [1.165, 1.54) is 0 Å². The van der Waals surface area contributed by atoms with E-state index in [1.54, 1.807) is 30.5 Å². The fourth-order valence-corrected chi connectivity index (χ4v) is 2.20. The molecule has 0 radical (unpaired) electrons. The minimum atomic E-state index is 0.210. The molecule has 94 valence electrons. The van der Waals surface area contributed by atoms with Crippen LogP contribution in [0.25, 0.3) is 22.4 Å². The zero-order chi connectivity index (χ0) is 13.2. The summed E-state index contributed by atoms with van der Waals surface area (Å²) in [5, 5.41) is 19.9. The van der Waals surface area contributed by atoms with Gasteiger partial charge in [-0.3, -0.25) is 0 Å². The van der Waals surface area contributed by atoms with Gasteiger partial charge < -0.3 is 15.2 Å². The van der Waals surface area contributed by atoms with Gasteiger partial charge in [-0.15, -0.1) is 0 Å². The normalized spacial score (nSPS) is 10.5. The maximum absolute atomic E-state index is 9.95. The van der Waals surface area contributed by atoms with Crippen LogP contribution in [-0.2, 0) is 0 Å². The van der Waals surface area contributed by atoms with E-state index in [0.29, 0.717) is 5.56 Å². The Bertz CT molecular complexity index is 656. The molecule has 1 heterocycles. The summed E-state index contributed by atoms with van der Waals surface area (Å²) < 4.78 is 0. The lowest BCUT2D eigenvalue weighted by atomic mass is 10.0. The molecule has 0 atom stereocenters. The van der Waals surface area contributed by atoms with Gasteiger partial charge in [0.2, 0.25) is 0 Å². The molecule has 0 saturated heterocycles. The Balaban J connectivity index is 2.20. The summed E-state index contributed by atoms with van der Waals surface area (Å²) >= 11 is 0. The lowest BCUT2D eigenvalue weighted by Crippen LogP contribution is -1.83. The Labute approximate surface area is 110 Å². The highest BCUT2D eigenvalue weighted by Gasteiger charge is 2.13. The molecule has 3 rings (SSSR count). The second-order valence-corrected chi connectivity index (χ2v) is 4.30. The van der Waals surface area contributed by atoms with E-state index in [-0.39, 0.29) is 11.5 Å². The van der Waals surface area contributed by atoms with E-state index in [2.05, 4.69) is 4.98 Å². The van der Waals surface area contributed by atoms with Gasteiger partial charge in [0.05, 0.1) is 5.69 Å². The summed E-state index contributed by atoms with van der Waals surface area (Å²) in [5.41, 5.74) is 3.10. The van der Waals surface area contributed by atoms with Crippen molar-refractivity contribution in [1.29, 1.82) is 0 Å². The number of nitrogens with one attached hydrogen (secondary N) is 1. The predicted octanol–water partition coefficient (Wildman–Crippen LogP) is 3.76. The average Bonchev–Trinajstić information content (AvgIpc) is 2.89. The Kier molecular flexibility index (Phi) is 2.72. The molecule has 0 bridgehead atoms. The number of para-hydroxylation sites is 2. The Morgan fingerprint density at radius 1 is 0.632 bits per heavy atom. The van der Waals surface area contributed by atoms with Gasteiger partial charge in [-0.2, -0.15) is 0 Å². The third-order valence-corrected chi connectivity index (χ3v) is 3.11. The lowest BCUT2D eigenvalue weighted by Gasteiger charge is -2.08. The first-order valence-corrected chi connectivity index (χ1v) is 6.01. The van der Waals surface area contributed by atoms with Gasteiger partial charge in [-0.1, -0.05) is 30.3 Å². The van der Waals surface area contributed by atoms with Gasteiger partial charge in [0.15, 0.2) is 0 Å². The van der Waals surface area contributed by atoms with Crippen molar-refractivity contribution in [3.8, 4) is 33.9 Å². The lowest BCUT2D eigenvalue weighted by molar-refractivity contribution is 0.476. The van der Waals surface area contributed by atoms with E-state index >= 15 is 0 Å². The number of hydrogen-bond donors (Lipinski definition) is 3. The topological polar surface area (TPSA) is 56.2 Å². The number of aromatic nitrogens is 1. The summed E-state index contributed by atoms with van der Waals surface area (Å²) in [6.07, 6.45) is 1.80. The molecule has 1 aromatic heterocycles. The fraction of sp³-hybridized carbons (Fsp3) is 0. The largest absolute Gasteiger partial charge is 0.507 e. The molecule has 19 heavy (non-hydrogen) atoms. The van der Waals surface area contributed by atoms with Gasteiger partial charge in [-0.25, -0.2) is 0 Å². The number of benzene rings is 2. The van der Waals surface area contributed by atoms with Crippen LogP contribution in [0.5, 0.6) is 11.5 Å². The van der Waals surface area contributed by atoms with Gasteiger partial charge >= 0.3 is 0 Å². The molecule has 0 spiro atoms. The molecule has 3 heteroatoms. The second-order valence-electron chi connectivity index (χ2n) is 4.30. The number of aromatic hydroxyl groups is 2. The maximum atomic E-state index is 9.95. The van der Waals surface area contributed by atoms with Gasteiger partial charge in [0.25, 0.3) is 0 Å². The average molecular weight is 251 g/mol. The van der Waals surface area contributed by atoms with Gasteiger partial charge in [0.1, 0.15) is 11.5 Å². The molecule has 3 nitrogen and oxygen atoms in total. The molecule has 0 amide bonds. The van der Waals surface area contributed by atoms with E-state index in [1.807, 2.05) is 30.3 Å². The number of aromatic amines is 1. The quantitative estimate of drug-likeness (QED) is 0.649. The van der Waals surface area contributed by atoms with Crippen LogP contribution in [0.15, 0.2) is 60.8 Å². The fourth-order valence-electron chi connectivity index (χ4n) is 2.20. The molecule has 0 saturated carbocycles. The predicted molar refractivity (Wildman–Crippen MR) is 75.0 cm³/mol. The Hall–Kier alpha value is -2.68. The first-order chi connectivity index (χ1) is 9.27. The smallest absolute Gasteiger partial charge is 0.124 e. The summed E-state index contributed by atoms with van der Waals surface area (Å²) in [5.74, 6) is 0.431. The first kappa shape index (κ1) is 11.4. The van der Waals surface area contributed by atoms with Crippen LogP contribution < -0.4 is 0 Å². The highest BCUT2D eigenvalue weighted by molar-refractivity contribution is 5.85. The third-order valence-electron chi connectivity index (χ3n) is 3.11. The van der Waals surface area contributed by atoms with Crippen LogP contribution in [0.4, 0.5) is 0 Å². The number of hydrogen-bond acceptors (Lipinski definition) is 2. The number of phenols is 2. The highest BCUT2D eigenvalue weighted by Crippen LogP contribution is 2.38. The molecule has 0 aliphatic carbocycles. The minimum absolute atomic E-state index is 0.210. The van der Waals surface area contributed by atoms with Crippen LogP contribution in [0.3, 0.4) is 0 Å². The zero-order valence-corrected chi connectivity index (χ0v) is 10.2.